The van der Waals surface area contributed by atoms with Gasteiger partial charge in [-0.1, -0.05) is 24.3 Å². The van der Waals surface area contributed by atoms with E-state index >= 15 is 0 Å². The van der Waals surface area contributed by atoms with Crippen molar-refractivity contribution in [1.82, 2.24) is 9.80 Å². The van der Waals surface area contributed by atoms with Gasteiger partial charge in [-0.15, -0.1) is 0 Å². The van der Waals surface area contributed by atoms with Crippen LogP contribution in [0.3, 0.4) is 0 Å². The lowest BCUT2D eigenvalue weighted by molar-refractivity contribution is -0.140. The van der Waals surface area contributed by atoms with Crippen molar-refractivity contribution in [2.75, 3.05) is 41.4 Å². The second kappa shape index (κ2) is 9.00. The fraction of sp³-hybridized carbons (Fsp3) is 0.304. The normalized spacial score (nSPS) is 18.2. The second-order valence-corrected chi connectivity index (χ2v) is 7.27. The van der Waals surface area contributed by atoms with E-state index in [1.165, 1.54) is 12.0 Å². The molecular weight excluding hydrogens is 384 g/mol. The molecule has 1 heterocycles. The molecule has 1 fully saturated rings. The highest BCUT2D eigenvalue weighted by Gasteiger charge is 2.46. The standard InChI is InChI=1S/C23H26N2O5/c1-24(2)13-14-25-20(15-9-11-16(29-3)12-10-15)19(22(27)23(25)28)21(26)17-7-5-6-8-18(17)30-4/h5-12,20,26H,13-14H2,1-4H3/b21-19-. The Bertz CT molecular complexity index is 966. The summed E-state index contributed by atoms with van der Waals surface area (Å²) in [5.41, 5.74) is 1.13. The number of likely N-dealkylation sites (N-methyl/N-ethyl adjacent to an activating group) is 1. The van der Waals surface area contributed by atoms with Gasteiger partial charge in [0, 0.05) is 13.1 Å². The van der Waals surface area contributed by atoms with Crippen LogP contribution in [0.25, 0.3) is 5.76 Å². The number of amides is 1. The number of ether oxygens (including phenoxy) is 2. The zero-order valence-corrected chi connectivity index (χ0v) is 17.6. The van der Waals surface area contributed by atoms with Gasteiger partial charge in [-0.2, -0.15) is 0 Å². The molecule has 0 aromatic heterocycles. The summed E-state index contributed by atoms with van der Waals surface area (Å²) >= 11 is 0. The average Bonchev–Trinajstić information content (AvgIpc) is 3.01. The Hall–Kier alpha value is -3.32. The molecule has 0 aliphatic carbocycles. The minimum absolute atomic E-state index is 0.0495. The molecule has 2 aromatic carbocycles. The van der Waals surface area contributed by atoms with E-state index in [1.54, 1.807) is 55.6 Å². The van der Waals surface area contributed by atoms with E-state index in [0.29, 0.717) is 35.7 Å². The van der Waals surface area contributed by atoms with Crippen LogP contribution in [-0.4, -0.2) is 68.0 Å². The minimum atomic E-state index is -0.710. The van der Waals surface area contributed by atoms with Gasteiger partial charge in [-0.3, -0.25) is 9.59 Å². The van der Waals surface area contributed by atoms with Crippen LogP contribution in [0.15, 0.2) is 54.1 Å². The van der Waals surface area contributed by atoms with E-state index in [0.717, 1.165) is 0 Å². The molecule has 7 heteroatoms. The van der Waals surface area contributed by atoms with E-state index < -0.39 is 17.7 Å². The number of aliphatic hydroxyl groups is 1. The Labute approximate surface area is 176 Å². The number of Topliss-reactive ketones (excluding diaryl/α,β-unsaturated/α-hetero) is 1. The van der Waals surface area contributed by atoms with Crippen LogP contribution in [0.1, 0.15) is 17.2 Å². The van der Waals surface area contributed by atoms with Gasteiger partial charge in [0.2, 0.25) is 0 Å². The maximum absolute atomic E-state index is 13.0. The monoisotopic (exact) mass is 410 g/mol. The fourth-order valence-electron chi connectivity index (χ4n) is 3.54. The van der Waals surface area contributed by atoms with Gasteiger partial charge in [0.15, 0.2) is 0 Å². The number of para-hydroxylation sites is 1. The van der Waals surface area contributed by atoms with Gasteiger partial charge in [-0.05, 0) is 43.9 Å². The van der Waals surface area contributed by atoms with Gasteiger partial charge < -0.3 is 24.4 Å². The van der Waals surface area contributed by atoms with E-state index in [-0.39, 0.29) is 11.3 Å². The third kappa shape index (κ3) is 4.02. The van der Waals surface area contributed by atoms with Gasteiger partial charge in [0.25, 0.3) is 11.7 Å². The maximum Gasteiger partial charge on any atom is 0.295 e. The average molecular weight is 410 g/mol. The molecule has 1 atom stereocenters. The molecule has 0 bridgehead atoms. The number of ketones is 1. The van der Waals surface area contributed by atoms with Crippen LogP contribution in [0.2, 0.25) is 0 Å². The molecule has 0 spiro atoms. The molecule has 1 saturated heterocycles. The molecule has 0 radical (unpaired) electrons. The molecule has 158 valence electrons. The molecule has 7 nitrogen and oxygen atoms in total. The van der Waals surface area contributed by atoms with Crippen molar-refractivity contribution in [2.24, 2.45) is 0 Å². The predicted molar refractivity (Wildman–Crippen MR) is 114 cm³/mol. The molecule has 1 aliphatic rings. The summed E-state index contributed by atoms with van der Waals surface area (Å²) in [4.78, 5) is 29.3. The second-order valence-electron chi connectivity index (χ2n) is 7.27. The summed E-state index contributed by atoms with van der Waals surface area (Å²) in [6.07, 6.45) is 0. The van der Waals surface area contributed by atoms with E-state index in [1.807, 2.05) is 19.0 Å². The number of benzene rings is 2. The first-order valence-corrected chi connectivity index (χ1v) is 9.59. The van der Waals surface area contributed by atoms with Crippen molar-refractivity contribution in [3.8, 4) is 11.5 Å². The minimum Gasteiger partial charge on any atom is -0.507 e. The molecule has 2 aromatic rings. The largest absolute Gasteiger partial charge is 0.507 e. The highest BCUT2D eigenvalue weighted by molar-refractivity contribution is 6.46. The van der Waals surface area contributed by atoms with Gasteiger partial charge >= 0.3 is 0 Å². The molecule has 1 aliphatic heterocycles. The predicted octanol–water partition coefficient (Wildman–Crippen LogP) is 2.69. The topological polar surface area (TPSA) is 79.3 Å². The number of hydrogen-bond donors (Lipinski definition) is 1. The molecule has 1 N–H and O–H groups in total. The van der Waals surface area contributed by atoms with E-state index in [4.69, 9.17) is 9.47 Å². The van der Waals surface area contributed by atoms with E-state index in [9.17, 15) is 14.7 Å². The smallest absolute Gasteiger partial charge is 0.295 e. The first-order valence-electron chi connectivity index (χ1n) is 9.59. The summed E-state index contributed by atoms with van der Waals surface area (Å²) in [6.45, 7) is 0.922. The molecular formula is C23H26N2O5. The Morgan fingerprint density at radius 2 is 1.70 bits per heavy atom. The Kier molecular flexibility index (Phi) is 6.42. The number of carbonyl (C=O) groups is 2. The third-order valence-corrected chi connectivity index (χ3v) is 5.12. The van der Waals surface area contributed by atoms with Crippen molar-refractivity contribution < 1.29 is 24.2 Å². The highest BCUT2D eigenvalue weighted by atomic mass is 16.5. The summed E-state index contributed by atoms with van der Waals surface area (Å²) in [5.74, 6) is -0.511. The van der Waals surface area contributed by atoms with Crippen molar-refractivity contribution in [3.05, 3.63) is 65.2 Å². The van der Waals surface area contributed by atoms with Crippen molar-refractivity contribution in [2.45, 2.75) is 6.04 Å². The first-order chi connectivity index (χ1) is 14.4. The number of nitrogens with zero attached hydrogens (tertiary/aromatic N) is 2. The summed E-state index contributed by atoms with van der Waals surface area (Å²) < 4.78 is 10.6. The third-order valence-electron chi connectivity index (χ3n) is 5.12. The lowest BCUT2D eigenvalue weighted by atomic mass is 9.95. The fourth-order valence-corrected chi connectivity index (χ4v) is 3.54. The zero-order chi connectivity index (χ0) is 21.8. The van der Waals surface area contributed by atoms with Crippen molar-refractivity contribution in [1.29, 1.82) is 0 Å². The van der Waals surface area contributed by atoms with E-state index in [2.05, 4.69) is 0 Å². The maximum atomic E-state index is 13.0. The Morgan fingerprint density at radius 1 is 1.03 bits per heavy atom. The van der Waals surface area contributed by atoms with Crippen LogP contribution in [0, 0.1) is 0 Å². The Morgan fingerprint density at radius 3 is 2.30 bits per heavy atom. The molecule has 1 unspecified atom stereocenters. The van der Waals surface area contributed by atoms with Crippen LogP contribution < -0.4 is 9.47 Å². The number of aliphatic hydroxyl groups excluding tert-OH is 1. The van der Waals surface area contributed by atoms with Gasteiger partial charge in [0.05, 0.1) is 31.4 Å². The molecule has 1 amide bonds. The zero-order valence-electron chi connectivity index (χ0n) is 17.6. The number of likely N-dealkylation sites (tertiary alicyclic amines) is 1. The van der Waals surface area contributed by atoms with Crippen LogP contribution in [-0.2, 0) is 9.59 Å². The summed E-state index contributed by atoms with van der Waals surface area (Å²) in [5, 5.41) is 11.1. The lowest BCUT2D eigenvalue weighted by Crippen LogP contribution is -2.35. The van der Waals surface area contributed by atoms with Crippen LogP contribution >= 0.6 is 0 Å². The molecule has 3 rings (SSSR count). The van der Waals surface area contributed by atoms with Crippen molar-refractivity contribution in [3.63, 3.8) is 0 Å². The van der Waals surface area contributed by atoms with Gasteiger partial charge in [0.1, 0.15) is 17.3 Å². The lowest BCUT2D eigenvalue weighted by Gasteiger charge is -2.26. The number of methoxy groups -OCH3 is 2. The molecule has 30 heavy (non-hydrogen) atoms. The molecule has 0 saturated carbocycles. The number of hydrogen-bond acceptors (Lipinski definition) is 6. The summed E-state index contributed by atoms with van der Waals surface area (Å²) in [6, 6.07) is 13.3. The quantitative estimate of drug-likeness (QED) is 0.430. The van der Waals surface area contributed by atoms with Crippen LogP contribution in [0.4, 0.5) is 0 Å². The van der Waals surface area contributed by atoms with Crippen molar-refractivity contribution >= 4 is 17.4 Å². The SMILES string of the molecule is COc1ccc(C2/C(=C(/O)c3ccccc3OC)C(=O)C(=O)N2CCN(C)C)cc1. The summed E-state index contributed by atoms with van der Waals surface area (Å²) in [7, 11) is 6.85. The number of carbonyl (C=O) groups excluding carboxylic acids is 2. The van der Waals surface area contributed by atoms with Crippen LogP contribution in [0.5, 0.6) is 11.5 Å². The first kappa shape index (κ1) is 21.4. The van der Waals surface area contributed by atoms with Gasteiger partial charge in [-0.25, -0.2) is 0 Å². The highest BCUT2D eigenvalue weighted by Crippen LogP contribution is 2.41. The number of rotatable bonds is 7. The Balaban J connectivity index is 2.16.